The van der Waals surface area contributed by atoms with Crippen LogP contribution >= 0.6 is 23.4 Å². The summed E-state index contributed by atoms with van der Waals surface area (Å²) in [7, 11) is 0. The van der Waals surface area contributed by atoms with E-state index >= 15 is 0 Å². The fraction of sp³-hybridized carbons (Fsp3) is 0.500. The number of thioether (sulfide) groups is 1. The van der Waals surface area contributed by atoms with Gasteiger partial charge >= 0.3 is 0 Å². The molecule has 1 saturated carbocycles. The van der Waals surface area contributed by atoms with Gasteiger partial charge in [0.05, 0.1) is 16.8 Å². The number of halogens is 2. The van der Waals surface area contributed by atoms with Gasteiger partial charge in [-0.15, -0.1) is 11.8 Å². The average molecular weight is 341 g/mol. The molecule has 0 bridgehead atoms. The van der Waals surface area contributed by atoms with Gasteiger partial charge < -0.3 is 5.32 Å². The lowest BCUT2D eigenvalue weighted by atomic mass is 9.92. The number of benzene rings is 1. The van der Waals surface area contributed by atoms with Gasteiger partial charge in [-0.1, -0.05) is 37.3 Å². The van der Waals surface area contributed by atoms with Gasteiger partial charge in [0.1, 0.15) is 11.4 Å². The Morgan fingerprint density at radius 2 is 2.05 bits per heavy atom. The Hall–Kier alpha value is -1.25. The molecule has 0 atom stereocenters. The second-order valence-electron chi connectivity index (χ2n) is 5.52. The van der Waals surface area contributed by atoms with Crippen molar-refractivity contribution in [3.63, 3.8) is 0 Å². The third kappa shape index (κ3) is 4.62. The van der Waals surface area contributed by atoms with Crippen molar-refractivity contribution in [3.05, 3.63) is 29.0 Å². The Balaban J connectivity index is 1.91. The molecule has 1 aliphatic carbocycles. The van der Waals surface area contributed by atoms with Crippen LogP contribution in [0.4, 0.5) is 4.39 Å². The molecule has 0 radical (unpaired) electrons. The van der Waals surface area contributed by atoms with Crippen LogP contribution in [0.1, 0.15) is 38.5 Å². The zero-order valence-corrected chi connectivity index (χ0v) is 13.8. The van der Waals surface area contributed by atoms with Gasteiger partial charge in [0.2, 0.25) is 5.91 Å². The van der Waals surface area contributed by atoms with Crippen LogP contribution in [0.5, 0.6) is 0 Å². The molecule has 3 nitrogen and oxygen atoms in total. The van der Waals surface area contributed by atoms with Crippen molar-refractivity contribution in [2.45, 2.75) is 49.0 Å². The molecule has 1 aromatic carbocycles. The van der Waals surface area contributed by atoms with E-state index in [2.05, 4.69) is 11.4 Å². The Labute approximate surface area is 139 Å². The van der Waals surface area contributed by atoms with E-state index in [1.165, 1.54) is 23.9 Å². The SMILES string of the molecule is N#CC1(NC(=O)CSc2ccc(F)c(Cl)c2)CCCCCC1. The molecule has 0 saturated heterocycles. The first-order valence-electron chi connectivity index (χ1n) is 7.35. The van der Waals surface area contributed by atoms with E-state index in [1.807, 2.05) is 0 Å². The number of amides is 1. The highest BCUT2D eigenvalue weighted by molar-refractivity contribution is 8.00. The number of nitrogens with one attached hydrogen (secondary N) is 1. The molecule has 1 aromatic rings. The molecule has 22 heavy (non-hydrogen) atoms. The predicted molar refractivity (Wildman–Crippen MR) is 86.3 cm³/mol. The number of rotatable bonds is 4. The van der Waals surface area contributed by atoms with Crippen LogP contribution in [0.2, 0.25) is 5.02 Å². The fourth-order valence-corrected chi connectivity index (χ4v) is 3.60. The summed E-state index contributed by atoms with van der Waals surface area (Å²) >= 11 is 7.00. The lowest BCUT2D eigenvalue weighted by Gasteiger charge is -2.26. The standard InChI is InChI=1S/C16H18ClFN2OS/c17-13-9-12(5-6-14(13)18)22-10-15(21)20-16(11-19)7-3-1-2-4-8-16/h5-6,9H,1-4,7-8,10H2,(H,20,21). The maximum atomic E-state index is 13.1. The van der Waals surface area contributed by atoms with Crippen molar-refractivity contribution in [1.82, 2.24) is 5.32 Å². The van der Waals surface area contributed by atoms with Gasteiger partial charge in [-0.3, -0.25) is 4.79 Å². The molecular weight excluding hydrogens is 323 g/mol. The summed E-state index contributed by atoms with van der Waals surface area (Å²) in [5, 5.41) is 12.4. The number of nitrogens with zero attached hydrogens (tertiary/aromatic N) is 1. The molecule has 0 unspecified atom stereocenters. The summed E-state index contributed by atoms with van der Waals surface area (Å²) in [6, 6.07) is 6.66. The van der Waals surface area contributed by atoms with Crippen molar-refractivity contribution in [1.29, 1.82) is 5.26 Å². The van der Waals surface area contributed by atoms with Gasteiger partial charge in [0, 0.05) is 4.90 Å². The van der Waals surface area contributed by atoms with Crippen molar-refractivity contribution < 1.29 is 9.18 Å². The Bertz CT molecular complexity index is 580. The summed E-state index contributed by atoms with van der Waals surface area (Å²) in [4.78, 5) is 12.9. The zero-order valence-electron chi connectivity index (χ0n) is 12.2. The minimum Gasteiger partial charge on any atom is -0.337 e. The molecule has 0 aromatic heterocycles. The van der Waals surface area contributed by atoms with E-state index in [4.69, 9.17) is 11.6 Å². The highest BCUT2D eigenvalue weighted by Crippen LogP contribution is 2.28. The molecule has 0 aliphatic heterocycles. The van der Waals surface area contributed by atoms with Gasteiger partial charge in [0.25, 0.3) is 0 Å². The summed E-state index contributed by atoms with van der Waals surface area (Å²) < 4.78 is 13.1. The molecule has 1 fully saturated rings. The average Bonchev–Trinajstić information content (AvgIpc) is 2.74. The number of nitriles is 1. The lowest BCUT2D eigenvalue weighted by Crippen LogP contribution is -2.47. The first-order valence-corrected chi connectivity index (χ1v) is 8.71. The molecule has 0 spiro atoms. The van der Waals surface area contributed by atoms with E-state index in [1.54, 1.807) is 6.07 Å². The summed E-state index contributed by atoms with van der Waals surface area (Å²) in [6.45, 7) is 0. The van der Waals surface area contributed by atoms with Crippen LogP contribution in [-0.2, 0) is 4.79 Å². The van der Waals surface area contributed by atoms with Crippen LogP contribution in [0.3, 0.4) is 0 Å². The highest BCUT2D eigenvalue weighted by atomic mass is 35.5. The molecule has 118 valence electrons. The first kappa shape index (κ1) is 17.1. The molecule has 1 N–H and O–H groups in total. The van der Waals surface area contributed by atoms with Crippen LogP contribution in [0.15, 0.2) is 23.1 Å². The minimum atomic E-state index is -0.728. The van der Waals surface area contributed by atoms with Crippen LogP contribution in [-0.4, -0.2) is 17.2 Å². The van der Waals surface area contributed by atoms with Gasteiger partial charge in [0.15, 0.2) is 0 Å². The predicted octanol–water partition coefficient (Wildman–Crippen LogP) is 4.30. The van der Waals surface area contributed by atoms with Crippen LogP contribution in [0.25, 0.3) is 0 Å². The first-order chi connectivity index (χ1) is 10.5. The van der Waals surface area contributed by atoms with Crippen molar-refractivity contribution in [3.8, 4) is 6.07 Å². The van der Waals surface area contributed by atoms with E-state index in [9.17, 15) is 14.4 Å². The van der Waals surface area contributed by atoms with Crippen molar-refractivity contribution in [2.24, 2.45) is 0 Å². The van der Waals surface area contributed by atoms with Crippen LogP contribution < -0.4 is 5.32 Å². The maximum absolute atomic E-state index is 13.1. The van der Waals surface area contributed by atoms with E-state index in [0.29, 0.717) is 12.8 Å². The molecule has 2 rings (SSSR count). The summed E-state index contributed by atoms with van der Waals surface area (Å²) in [5.74, 6) is -0.461. The van der Waals surface area contributed by atoms with Gasteiger partial charge in [-0.25, -0.2) is 4.39 Å². The minimum absolute atomic E-state index is 0.0441. The zero-order chi connectivity index (χ0) is 16.0. The second-order valence-corrected chi connectivity index (χ2v) is 6.98. The number of carbonyl (C=O) groups excluding carboxylic acids is 1. The number of hydrogen-bond donors (Lipinski definition) is 1. The third-order valence-corrected chi connectivity index (χ3v) is 5.09. The van der Waals surface area contributed by atoms with Crippen LogP contribution in [0, 0.1) is 17.1 Å². The molecule has 6 heteroatoms. The molecular formula is C16H18ClFN2OS. The van der Waals surface area contributed by atoms with Crippen molar-refractivity contribution >= 4 is 29.3 Å². The van der Waals surface area contributed by atoms with E-state index in [-0.39, 0.29) is 16.7 Å². The molecule has 1 aliphatic rings. The maximum Gasteiger partial charge on any atom is 0.231 e. The largest absolute Gasteiger partial charge is 0.337 e. The Morgan fingerprint density at radius 1 is 1.36 bits per heavy atom. The smallest absolute Gasteiger partial charge is 0.231 e. The summed E-state index contributed by atoms with van der Waals surface area (Å²) in [6.07, 6.45) is 5.58. The van der Waals surface area contributed by atoms with Gasteiger partial charge in [-0.05, 0) is 31.0 Å². The number of hydrogen-bond acceptors (Lipinski definition) is 3. The topological polar surface area (TPSA) is 52.9 Å². The normalized spacial score (nSPS) is 17.3. The quantitative estimate of drug-likeness (QED) is 0.656. The Kier molecular flexibility index (Phi) is 6.10. The van der Waals surface area contributed by atoms with Gasteiger partial charge in [-0.2, -0.15) is 5.26 Å². The van der Waals surface area contributed by atoms with E-state index < -0.39 is 11.4 Å². The highest BCUT2D eigenvalue weighted by Gasteiger charge is 2.32. The fourth-order valence-electron chi connectivity index (χ4n) is 2.62. The van der Waals surface area contributed by atoms with E-state index in [0.717, 1.165) is 30.6 Å². The monoisotopic (exact) mass is 340 g/mol. The lowest BCUT2D eigenvalue weighted by molar-refractivity contribution is -0.120. The number of carbonyl (C=O) groups is 1. The molecule has 1 amide bonds. The third-order valence-electron chi connectivity index (χ3n) is 3.81. The summed E-state index contributed by atoms with van der Waals surface area (Å²) in [5.41, 5.74) is -0.728. The second kappa shape index (κ2) is 7.85. The Morgan fingerprint density at radius 3 is 2.64 bits per heavy atom. The molecule has 0 heterocycles. The van der Waals surface area contributed by atoms with Crippen molar-refractivity contribution in [2.75, 3.05) is 5.75 Å².